The zero-order valence-electron chi connectivity index (χ0n) is 13.3. The molecule has 0 fully saturated rings. The van der Waals surface area contributed by atoms with Crippen molar-refractivity contribution in [2.24, 2.45) is 0 Å². The van der Waals surface area contributed by atoms with Gasteiger partial charge in [0, 0.05) is 13.1 Å². The lowest BCUT2D eigenvalue weighted by atomic mass is 10.1. The summed E-state index contributed by atoms with van der Waals surface area (Å²) in [6.07, 6.45) is 4.41. The topological polar surface area (TPSA) is 32.8 Å². The Balaban J connectivity index is 0. The summed E-state index contributed by atoms with van der Waals surface area (Å²) in [7, 11) is 2.03. The van der Waals surface area contributed by atoms with Gasteiger partial charge in [-0.05, 0) is 14.0 Å². The minimum atomic E-state index is 0.00111. The molecule has 1 amide bonds. The highest BCUT2D eigenvalue weighted by atomic mass is 16.7. The van der Waals surface area contributed by atoms with E-state index in [0.29, 0.717) is 6.61 Å². The second-order valence-electron chi connectivity index (χ2n) is 3.83. The fourth-order valence-electron chi connectivity index (χ4n) is 1.74. The van der Waals surface area contributed by atoms with Gasteiger partial charge in [0.15, 0.2) is 0 Å². The molecule has 4 heteroatoms. The Kier molecular flexibility index (Phi) is 14.1. The van der Waals surface area contributed by atoms with Crippen LogP contribution in [0.4, 0.5) is 0 Å². The van der Waals surface area contributed by atoms with Crippen LogP contribution in [0.15, 0.2) is 24.3 Å². The van der Waals surface area contributed by atoms with Crippen molar-refractivity contribution in [2.45, 2.75) is 40.7 Å². The lowest BCUT2D eigenvalue weighted by Gasteiger charge is -2.32. The summed E-state index contributed by atoms with van der Waals surface area (Å²) in [5.74, 6) is 0. The molecule has 4 nitrogen and oxygen atoms in total. The van der Waals surface area contributed by atoms with E-state index in [1.165, 1.54) is 10.6 Å². The molecule has 0 radical (unpaired) electrons. The second kappa shape index (κ2) is 13.3. The van der Waals surface area contributed by atoms with Gasteiger partial charge in [-0.2, -0.15) is 0 Å². The van der Waals surface area contributed by atoms with Crippen molar-refractivity contribution in [2.75, 3.05) is 26.7 Å². The first-order valence-corrected chi connectivity index (χ1v) is 7.00. The Morgan fingerprint density at radius 2 is 2.05 bits per heavy atom. The number of carbonyl (C=O) groups excluding carboxylic acids is 1. The Bertz CT molecular complexity index is 265. The second-order valence-corrected chi connectivity index (χ2v) is 3.83. The normalized spacial score (nSPS) is 18.0. The Labute approximate surface area is 118 Å². The van der Waals surface area contributed by atoms with Gasteiger partial charge >= 0.3 is 0 Å². The summed E-state index contributed by atoms with van der Waals surface area (Å²) in [6, 6.07) is 0.00111. The predicted octanol–water partition coefficient (Wildman–Crippen LogP) is 2.88. The Morgan fingerprint density at radius 1 is 1.47 bits per heavy atom. The number of nitrogens with zero attached hydrogens (tertiary/aromatic N) is 2. The quantitative estimate of drug-likeness (QED) is 0.437. The number of hydroxylamine groups is 2. The van der Waals surface area contributed by atoms with Gasteiger partial charge in [0.25, 0.3) is 0 Å². The zero-order valence-corrected chi connectivity index (χ0v) is 13.3. The number of hydrogen-bond acceptors (Lipinski definition) is 3. The van der Waals surface area contributed by atoms with Crippen LogP contribution >= 0.6 is 0 Å². The first-order chi connectivity index (χ1) is 9.17. The maximum absolute atomic E-state index is 10.8. The van der Waals surface area contributed by atoms with E-state index in [1.54, 1.807) is 6.08 Å². The van der Waals surface area contributed by atoms with Crippen molar-refractivity contribution in [3.8, 4) is 0 Å². The van der Waals surface area contributed by atoms with Crippen molar-refractivity contribution in [1.29, 1.82) is 0 Å². The van der Waals surface area contributed by atoms with E-state index in [1.807, 2.05) is 34.7 Å². The number of rotatable bonds is 5. The van der Waals surface area contributed by atoms with Gasteiger partial charge in [-0.3, -0.25) is 14.5 Å². The molecular formula is C15H30N2O2. The van der Waals surface area contributed by atoms with Gasteiger partial charge in [0.05, 0.1) is 12.6 Å². The van der Waals surface area contributed by atoms with E-state index in [4.69, 9.17) is 4.84 Å². The molecule has 1 atom stereocenters. The van der Waals surface area contributed by atoms with Crippen LogP contribution in [-0.4, -0.2) is 49.2 Å². The lowest BCUT2D eigenvalue weighted by Crippen LogP contribution is -2.44. The van der Waals surface area contributed by atoms with Crippen LogP contribution in [0.5, 0.6) is 0 Å². The summed E-state index contributed by atoms with van der Waals surface area (Å²) in [4.78, 5) is 18.3. The zero-order chi connectivity index (χ0) is 15.3. The molecule has 0 bridgehead atoms. The highest BCUT2D eigenvalue weighted by Gasteiger charge is 2.21. The van der Waals surface area contributed by atoms with Crippen LogP contribution in [-0.2, 0) is 9.63 Å². The van der Waals surface area contributed by atoms with Crippen LogP contribution in [0.25, 0.3) is 0 Å². The molecule has 0 saturated heterocycles. The molecule has 1 rings (SSSR count). The van der Waals surface area contributed by atoms with Gasteiger partial charge in [0.2, 0.25) is 6.41 Å². The largest absolute Gasteiger partial charge is 0.300 e. The van der Waals surface area contributed by atoms with E-state index < -0.39 is 0 Å². The fraction of sp³-hybridized carbons (Fsp3) is 0.667. The average molecular weight is 270 g/mol. The van der Waals surface area contributed by atoms with E-state index in [0.717, 1.165) is 19.5 Å². The van der Waals surface area contributed by atoms with Crippen molar-refractivity contribution >= 4 is 6.41 Å². The summed E-state index contributed by atoms with van der Waals surface area (Å²) in [5.41, 5.74) is 1.25. The van der Waals surface area contributed by atoms with Crippen LogP contribution < -0.4 is 0 Å². The fourth-order valence-corrected chi connectivity index (χ4v) is 1.74. The smallest absolute Gasteiger partial charge is 0.233 e. The maximum Gasteiger partial charge on any atom is 0.233 e. The molecule has 1 heterocycles. The molecule has 1 aliphatic rings. The van der Waals surface area contributed by atoms with Crippen molar-refractivity contribution < 1.29 is 9.63 Å². The molecule has 1 unspecified atom stereocenters. The highest BCUT2D eigenvalue weighted by Crippen LogP contribution is 2.12. The van der Waals surface area contributed by atoms with Crippen LogP contribution in [0.1, 0.15) is 34.6 Å². The molecule has 0 spiro atoms. The third-order valence-electron chi connectivity index (χ3n) is 2.27. The monoisotopic (exact) mass is 270 g/mol. The van der Waals surface area contributed by atoms with E-state index in [2.05, 4.69) is 24.5 Å². The van der Waals surface area contributed by atoms with Gasteiger partial charge in [-0.15, -0.1) is 6.58 Å². The standard InChI is InChI=1S/C11H18N2O2.2C2H6/c1-4-5-15-13(9-14)11-6-10(2)7-12(3)8-11;2*1-2/h4,6,9,11H,1,5,7-8H2,2-3H3;2*1-2H3. The minimum absolute atomic E-state index is 0.00111. The van der Waals surface area contributed by atoms with E-state index in [9.17, 15) is 4.79 Å². The minimum Gasteiger partial charge on any atom is -0.300 e. The van der Waals surface area contributed by atoms with Crippen molar-refractivity contribution in [3.05, 3.63) is 24.3 Å². The number of hydrogen-bond donors (Lipinski definition) is 0. The number of likely N-dealkylation sites (N-methyl/N-ethyl adjacent to an activating group) is 1. The van der Waals surface area contributed by atoms with Gasteiger partial charge in [-0.1, -0.05) is 45.4 Å². The van der Waals surface area contributed by atoms with Gasteiger partial charge in [0.1, 0.15) is 0 Å². The first-order valence-electron chi connectivity index (χ1n) is 7.00. The van der Waals surface area contributed by atoms with Gasteiger partial charge < -0.3 is 0 Å². The third kappa shape index (κ3) is 8.56. The van der Waals surface area contributed by atoms with E-state index in [-0.39, 0.29) is 6.04 Å². The summed E-state index contributed by atoms with van der Waals surface area (Å²) >= 11 is 0. The first kappa shape index (κ1) is 20.2. The molecule has 0 saturated carbocycles. The van der Waals surface area contributed by atoms with Crippen molar-refractivity contribution in [3.63, 3.8) is 0 Å². The van der Waals surface area contributed by atoms with Gasteiger partial charge in [-0.25, -0.2) is 5.06 Å². The molecular weight excluding hydrogens is 240 g/mol. The number of carbonyl (C=O) groups is 1. The van der Waals surface area contributed by atoms with Crippen LogP contribution in [0.2, 0.25) is 0 Å². The third-order valence-corrected chi connectivity index (χ3v) is 2.27. The molecule has 0 aromatic rings. The van der Waals surface area contributed by atoms with Crippen LogP contribution in [0.3, 0.4) is 0 Å². The molecule has 0 aliphatic carbocycles. The Hall–Kier alpha value is -1.13. The highest BCUT2D eigenvalue weighted by molar-refractivity contribution is 5.47. The SMILES string of the molecule is C=CCON(C=O)C1C=C(C)CN(C)C1.CC.CC. The van der Waals surface area contributed by atoms with Crippen LogP contribution in [0, 0.1) is 0 Å². The molecule has 0 aromatic heterocycles. The summed E-state index contributed by atoms with van der Waals surface area (Å²) in [6.45, 7) is 15.7. The number of amides is 1. The molecule has 0 aromatic carbocycles. The molecule has 1 aliphatic heterocycles. The molecule has 0 N–H and O–H groups in total. The summed E-state index contributed by atoms with van der Waals surface area (Å²) < 4.78 is 0. The molecule has 19 heavy (non-hydrogen) atoms. The van der Waals surface area contributed by atoms with E-state index >= 15 is 0 Å². The molecule has 112 valence electrons. The van der Waals surface area contributed by atoms with Crippen molar-refractivity contribution in [1.82, 2.24) is 9.96 Å². The average Bonchev–Trinajstić information content (AvgIpc) is 2.43. The maximum atomic E-state index is 10.8. The Morgan fingerprint density at radius 3 is 2.47 bits per heavy atom. The lowest BCUT2D eigenvalue weighted by molar-refractivity contribution is -0.177. The predicted molar refractivity (Wildman–Crippen MR) is 81.8 cm³/mol. The summed E-state index contributed by atoms with van der Waals surface area (Å²) in [5, 5.41) is 1.35.